The number of hydrogen-bond donors (Lipinski definition) is 2. The molecule has 0 radical (unpaired) electrons. The Labute approximate surface area is 218 Å². The Balaban J connectivity index is 1.35. The molecule has 1 spiro atoms. The van der Waals surface area contributed by atoms with Gasteiger partial charge in [0.1, 0.15) is 23.0 Å². The van der Waals surface area contributed by atoms with E-state index in [9.17, 15) is 9.59 Å². The lowest BCUT2D eigenvalue weighted by molar-refractivity contribution is -0.0138. The van der Waals surface area contributed by atoms with E-state index >= 15 is 0 Å². The number of carbonyl (C=O) groups is 2. The summed E-state index contributed by atoms with van der Waals surface area (Å²) in [5.74, 6) is 0.0718. The van der Waals surface area contributed by atoms with Gasteiger partial charge in [-0.3, -0.25) is 9.59 Å². The van der Waals surface area contributed by atoms with Gasteiger partial charge in [0, 0.05) is 41.6 Å². The van der Waals surface area contributed by atoms with Crippen molar-refractivity contribution in [2.24, 2.45) is 5.92 Å². The maximum absolute atomic E-state index is 14.4. The van der Waals surface area contributed by atoms with E-state index < -0.39 is 11.5 Å². The number of tetrazole rings is 1. The van der Waals surface area contributed by atoms with E-state index in [1.807, 2.05) is 25.1 Å². The fourth-order valence-corrected chi connectivity index (χ4v) is 5.99. The minimum atomic E-state index is -0.978. The molecule has 0 amide bonds. The molecule has 2 aromatic carbocycles. The van der Waals surface area contributed by atoms with Crippen molar-refractivity contribution in [3.8, 4) is 22.9 Å². The van der Waals surface area contributed by atoms with E-state index in [-0.39, 0.29) is 11.6 Å². The summed E-state index contributed by atoms with van der Waals surface area (Å²) in [6.07, 6.45) is 5.42. The summed E-state index contributed by atoms with van der Waals surface area (Å²) in [7, 11) is 0. The van der Waals surface area contributed by atoms with Crippen LogP contribution in [0.5, 0.6) is 11.5 Å². The van der Waals surface area contributed by atoms with E-state index in [2.05, 4.69) is 36.7 Å². The normalized spacial score (nSPS) is 20.3. The standard InChI is InChI=1S/C28H28N6O4/c1-2-37-23-15-17(14-21-19(23)7-12-34(21)18-4-5-18)25(35)24-26(36)20-13-16(27-30-32-33-31-27)3-6-22(20)38-28(24)8-10-29-11-9-28/h3,6-7,12-15,18,24,29H,2,4-5,8-11H2,1H3,(H,30,31,32,33). The van der Waals surface area contributed by atoms with Gasteiger partial charge >= 0.3 is 0 Å². The lowest BCUT2D eigenvalue weighted by Gasteiger charge is -2.45. The summed E-state index contributed by atoms with van der Waals surface area (Å²) in [5, 5.41) is 18.4. The first-order valence-corrected chi connectivity index (χ1v) is 13.2. The van der Waals surface area contributed by atoms with Crippen molar-refractivity contribution in [3.63, 3.8) is 0 Å². The number of ketones is 2. The van der Waals surface area contributed by atoms with E-state index in [1.165, 1.54) is 0 Å². The number of nitrogens with zero attached hydrogens (tertiary/aromatic N) is 4. The molecule has 10 heteroatoms. The van der Waals surface area contributed by atoms with Crippen LogP contribution in [0.1, 0.15) is 59.4 Å². The molecule has 4 aromatic rings. The monoisotopic (exact) mass is 512 g/mol. The second-order valence-corrected chi connectivity index (χ2v) is 10.3. The van der Waals surface area contributed by atoms with Crippen LogP contribution in [-0.4, -0.2) is 62.1 Å². The minimum absolute atomic E-state index is 0.237. The minimum Gasteiger partial charge on any atom is -0.493 e. The molecule has 3 aliphatic rings. The third-order valence-electron chi connectivity index (χ3n) is 7.99. The molecule has 2 aliphatic heterocycles. The summed E-state index contributed by atoms with van der Waals surface area (Å²) in [6.45, 7) is 3.75. The molecular weight excluding hydrogens is 484 g/mol. The second kappa shape index (κ2) is 8.76. The molecule has 4 heterocycles. The molecule has 2 fully saturated rings. The van der Waals surface area contributed by atoms with Crippen LogP contribution in [0.3, 0.4) is 0 Å². The van der Waals surface area contributed by atoms with E-state index in [1.54, 1.807) is 18.2 Å². The number of piperidine rings is 1. The first kappa shape index (κ1) is 23.1. The van der Waals surface area contributed by atoms with Crippen LogP contribution >= 0.6 is 0 Å². The molecule has 7 rings (SSSR count). The number of hydrogen-bond acceptors (Lipinski definition) is 8. The van der Waals surface area contributed by atoms with Gasteiger partial charge in [-0.2, -0.15) is 5.21 Å². The number of benzene rings is 2. The summed E-state index contributed by atoms with van der Waals surface area (Å²) in [5.41, 5.74) is 1.51. The number of Topliss-reactive ketones (excluding diaryl/α,β-unsaturated/α-hetero) is 2. The highest BCUT2D eigenvalue weighted by atomic mass is 16.5. The summed E-state index contributed by atoms with van der Waals surface area (Å²) in [6, 6.07) is 11.5. The van der Waals surface area contributed by atoms with Crippen molar-refractivity contribution < 1.29 is 19.1 Å². The van der Waals surface area contributed by atoms with E-state index in [4.69, 9.17) is 9.47 Å². The van der Waals surface area contributed by atoms with Gasteiger partial charge in [-0.1, -0.05) is 0 Å². The molecule has 1 aliphatic carbocycles. The molecular formula is C28H28N6O4. The fraction of sp³-hybridized carbons (Fsp3) is 0.393. The number of aromatic amines is 1. The van der Waals surface area contributed by atoms with Crippen LogP contribution in [-0.2, 0) is 0 Å². The quantitative estimate of drug-likeness (QED) is 0.296. The van der Waals surface area contributed by atoms with Crippen molar-refractivity contribution in [1.29, 1.82) is 0 Å². The van der Waals surface area contributed by atoms with Gasteiger partial charge in [-0.05, 0) is 74.5 Å². The van der Waals surface area contributed by atoms with E-state index in [0.29, 0.717) is 72.6 Å². The van der Waals surface area contributed by atoms with Crippen molar-refractivity contribution in [3.05, 3.63) is 53.7 Å². The molecule has 10 nitrogen and oxygen atoms in total. The van der Waals surface area contributed by atoms with Gasteiger partial charge in [0.2, 0.25) is 5.82 Å². The number of fused-ring (bicyclic) bond motifs is 2. The van der Waals surface area contributed by atoms with Crippen LogP contribution in [0.15, 0.2) is 42.6 Å². The Hall–Kier alpha value is -4.05. The molecule has 194 valence electrons. The molecule has 1 atom stereocenters. The fourth-order valence-electron chi connectivity index (χ4n) is 5.99. The van der Waals surface area contributed by atoms with Crippen LogP contribution < -0.4 is 14.8 Å². The first-order chi connectivity index (χ1) is 18.6. The Morgan fingerprint density at radius 1 is 1.18 bits per heavy atom. The predicted octanol–water partition coefficient (Wildman–Crippen LogP) is 3.75. The highest BCUT2D eigenvalue weighted by Crippen LogP contribution is 2.45. The zero-order chi connectivity index (χ0) is 25.9. The number of nitrogens with one attached hydrogen (secondary N) is 2. The topological polar surface area (TPSA) is 124 Å². The van der Waals surface area contributed by atoms with E-state index in [0.717, 1.165) is 23.7 Å². The van der Waals surface area contributed by atoms with Gasteiger partial charge in [0.15, 0.2) is 11.6 Å². The van der Waals surface area contributed by atoms with Crippen LogP contribution in [0, 0.1) is 5.92 Å². The number of carbonyl (C=O) groups excluding carboxylic acids is 2. The van der Waals surface area contributed by atoms with Crippen molar-refractivity contribution in [1.82, 2.24) is 30.5 Å². The van der Waals surface area contributed by atoms with Gasteiger partial charge < -0.3 is 19.4 Å². The molecule has 0 bridgehead atoms. The molecule has 1 saturated carbocycles. The number of H-pyrrole nitrogens is 1. The zero-order valence-electron chi connectivity index (χ0n) is 21.1. The maximum atomic E-state index is 14.4. The van der Waals surface area contributed by atoms with Gasteiger partial charge in [0.05, 0.1) is 17.7 Å². The highest BCUT2D eigenvalue weighted by Gasteiger charge is 2.54. The van der Waals surface area contributed by atoms with Crippen LogP contribution in [0.4, 0.5) is 0 Å². The predicted molar refractivity (Wildman–Crippen MR) is 139 cm³/mol. The largest absolute Gasteiger partial charge is 0.493 e. The number of rotatable bonds is 6. The van der Waals surface area contributed by atoms with Gasteiger partial charge in [0.25, 0.3) is 0 Å². The first-order valence-electron chi connectivity index (χ1n) is 13.2. The smallest absolute Gasteiger partial charge is 0.204 e. The number of ether oxygens (including phenoxy) is 2. The molecule has 38 heavy (non-hydrogen) atoms. The SMILES string of the molecule is CCOc1cc(C(=O)C2C(=O)c3cc(-c4nn[nH]n4)ccc3OC23CCNCC3)cc2c1ccn2C1CC1. The van der Waals surface area contributed by atoms with Crippen molar-refractivity contribution >= 4 is 22.5 Å². The Morgan fingerprint density at radius 2 is 2.03 bits per heavy atom. The second-order valence-electron chi connectivity index (χ2n) is 10.3. The molecule has 2 N–H and O–H groups in total. The van der Waals surface area contributed by atoms with Crippen LogP contribution in [0.2, 0.25) is 0 Å². The average Bonchev–Trinajstić information content (AvgIpc) is 3.43. The Bertz CT molecular complexity index is 1550. The summed E-state index contributed by atoms with van der Waals surface area (Å²) in [4.78, 5) is 28.6. The zero-order valence-corrected chi connectivity index (χ0v) is 21.1. The summed E-state index contributed by atoms with van der Waals surface area (Å²) >= 11 is 0. The average molecular weight is 513 g/mol. The molecule has 2 aromatic heterocycles. The number of aromatic nitrogens is 5. The lowest BCUT2D eigenvalue weighted by atomic mass is 9.70. The molecule has 1 unspecified atom stereocenters. The third-order valence-corrected chi connectivity index (χ3v) is 7.99. The Morgan fingerprint density at radius 3 is 2.76 bits per heavy atom. The van der Waals surface area contributed by atoms with Gasteiger partial charge in [-0.15, -0.1) is 10.2 Å². The van der Waals surface area contributed by atoms with Crippen molar-refractivity contribution in [2.75, 3.05) is 19.7 Å². The lowest BCUT2D eigenvalue weighted by Crippen LogP contribution is -2.58. The third kappa shape index (κ3) is 3.62. The molecule has 1 saturated heterocycles. The maximum Gasteiger partial charge on any atom is 0.204 e. The van der Waals surface area contributed by atoms with Gasteiger partial charge in [-0.25, -0.2) is 0 Å². The van der Waals surface area contributed by atoms with Crippen LogP contribution in [0.25, 0.3) is 22.3 Å². The summed E-state index contributed by atoms with van der Waals surface area (Å²) < 4.78 is 14.8. The highest BCUT2D eigenvalue weighted by molar-refractivity contribution is 6.19. The van der Waals surface area contributed by atoms with Crippen molar-refractivity contribution in [2.45, 2.75) is 44.2 Å². The Kier molecular flexibility index (Phi) is 5.33.